The molecule has 0 saturated heterocycles. The van der Waals surface area contributed by atoms with E-state index in [2.05, 4.69) is 15.3 Å². The van der Waals surface area contributed by atoms with Gasteiger partial charge in [0.25, 0.3) is 0 Å². The van der Waals surface area contributed by atoms with Crippen LogP contribution in [0.3, 0.4) is 0 Å². The van der Waals surface area contributed by atoms with Crippen molar-refractivity contribution in [2.45, 2.75) is 31.2 Å². The minimum absolute atomic E-state index is 0.131. The third-order valence-corrected chi connectivity index (χ3v) is 7.19. The summed E-state index contributed by atoms with van der Waals surface area (Å²) >= 11 is 0. The van der Waals surface area contributed by atoms with Gasteiger partial charge in [-0.05, 0) is 37.3 Å². The summed E-state index contributed by atoms with van der Waals surface area (Å²) in [6.07, 6.45) is 2.38. The van der Waals surface area contributed by atoms with Crippen LogP contribution >= 0.6 is 0 Å². The first-order valence-corrected chi connectivity index (χ1v) is 11.8. The zero-order valence-electron chi connectivity index (χ0n) is 18.2. The number of sulfonamides is 1. The molecule has 0 bridgehead atoms. The molecule has 0 aliphatic carbocycles. The van der Waals surface area contributed by atoms with Gasteiger partial charge in [0.05, 0.1) is 27.1 Å². The number of rotatable bonds is 7. The molecule has 1 N–H and O–H groups in total. The number of benzene rings is 2. The van der Waals surface area contributed by atoms with Gasteiger partial charge in [0.15, 0.2) is 0 Å². The molecule has 1 amide bonds. The molecule has 4 rings (SSSR count). The number of hydrogen-bond donors (Lipinski definition) is 1. The maximum absolute atomic E-state index is 12.6. The number of carbonyl (C=O) groups excluding carboxylic acids is 1. The number of fused-ring (bicyclic) bond motifs is 2. The van der Waals surface area contributed by atoms with E-state index in [0.717, 1.165) is 22.2 Å². The standard InChI is InChI=1S/C23H25N5O3S/c1-4-28-20-11-10-17(32(30,31)27(2)3)15-19(20)25-21(28)12-13-22(29)26-18-9-5-7-16-8-6-14-24-23(16)18/h5-11,14-15H,4,12-13H2,1-3H3,(H,26,29). The predicted molar refractivity (Wildman–Crippen MR) is 125 cm³/mol. The number of pyridine rings is 1. The van der Waals surface area contributed by atoms with Gasteiger partial charge in [-0.1, -0.05) is 18.2 Å². The van der Waals surface area contributed by atoms with E-state index in [1.165, 1.54) is 18.4 Å². The van der Waals surface area contributed by atoms with Crippen LogP contribution in [0.25, 0.3) is 21.9 Å². The Hall–Kier alpha value is -3.30. The second-order valence-electron chi connectivity index (χ2n) is 7.64. The summed E-state index contributed by atoms with van der Waals surface area (Å²) in [6, 6.07) is 14.4. The minimum Gasteiger partial charge on any atom is -0.328 e. The number of anilines is 1. The van der Waals surface area contributed by atoms with Crippen LogP contribution in [0, 0.1) is 0 Å². The van der Waals surface area contributed by atoms with Crippen LogP contribution in [-0.4, -0.2) is 47.3 Å². The molecule has 0 fully saturated rings. The molecule has 0 unspecified atom stereocenters. The van der Waals surface area contributed by atoms with E-state index in [1.54, 1.807) is 24.4 Å². The monoisotopic (exact) mass is 451 g/mol. The van der Waals surface area contributed by atoms with Crippen LogP contribution in [-0.2, 0) is 27.8 Å². The molecule has 8 nitrogen and oxygen atoms in total. The van der Waals surface area contributed by atoms with Gasteiger partial charge in [-0.2, -0.15) is 0 Å². The number of hydrogen-bond acceptors (Lipinski definition) is 5. The molecule has 0 aliphatic heterocycles. The number of aromatic nitrogens is 3. The van der Waals surface area contributed by atoms with Crippen LogP contribution in [0.15, 0.2) is 59.6 Å². The molecular weight excluding hydrogens is 426 g/mol. The van der Waals surface area contributed by atoms with E-state index in [4.69, 9.17) is 0 Å². The Kier molecular flexibility index (Phi) is 5.94. The van der Waals surface area contributed by atoms with Crippen molar-refractivity contribution in [1.29, 1.82) is 0 Å². The third kappa shape index (κ3) is 4.09. The fraction of sp³-hybridized carbons (Fsp3) is 0.261. The highest BCUT2D eigenvalue weighted by molar-refractivity contribution is 7.89. The molecule has 32 heavy (non-hydrogen) atoms. The van der Waals surface area contributed by atoms with Crippen molar-refractivity contribution in [1.82, 2.24) is 18.8 Å². The van der Waals surface area contributed by atoms with E-state index in [9.17, 15) is 13.2 Å². The molecule has 2 aromatic heterocycles. The van der Waals surface area contributed by atoms with E-state index in [-0.39, 0.29) is 17.2 Å². The Morgan fingerprint density at radius 3 is 2.66 bits per heavy atom. The highest BCUT2D eigenvalue weighted by Crippen LogP contribution is 2.24. The number of para-hydroxylation sites is 1. The molecule has 0 radical (unpaired) electrons. The number of amides is 1. The topological polar surface area (TPSA) is 97.2 Å². The van der Waals surface area contributed by atoms with Gasteiger partial charge in [-0.15, -0.1) is 0 Å². The summed E-state index contributed by atoms with van der Waals surface area (Å²) in [5, 5.41) is 3.90. The molecule has 2 aromatic carbocycles. The van der Waals surface area contributed by atoms with E-state index < -0.39 is 10.0 Å². The number of aryl methyl sites for hydroxylation is 2. The van der Waals surface area contributed by atoms with Crippen LogP contribution in [0.4, 0.5) is 5.69 Å². The highest BCUT2D eigenvalue weighted by atomic mass is 32.2. The summed E-state index contributed by atoms with van der Waals surface area (Å²) in [4.78, 5) is 21.8. The normalized spacial score (nSPS) is 12.0. The fourth-order valence-electron chi connectivity index (χ4n) is 3.72. The maximum atomic E-state index is 12.6. The van der Waals surface area contributed by atoms with Gasteiger partial charge in [0.2, 0.25) is 15.9 Å². The molecule has 4 aromatic rings. The molecule has 9 heteroatoms. The SMILES string of the molecule is CCn1c(CCC(=O)Nc2cccc3cccnc23)nc2cc(S(=O)(=O)N(C)C)ccc21. The molecule has 0 atom stereocenters. The number of imidazole rings is 1. The average Bonchev–Trinajstić information content (AvgIpc) is 3.14. The average molecular weight is 452 g/mol. The lowest BCUT2D eigenvalue weighted by molar-refractivity contribution is -0.116. The zero-order chi connectivity index (χ0) is 22.9. The Labute approximate surface area is 186 Å². The zero-order valence-corrected chi connectivity index (χ0v) is 19.1. The highest BCUT2D eigenvalue weighted by Gasteiger charge is 2.20. The van der Waals surface area contributed by atoms with Crippen molar-refractivity contribution < 1.29 is 13.2 Å². The Morgan fingerprint density at radius 1 is 1.12 bits per heavy atom. The largest absolute Gasteiger partial charge is 0.328 e. The Morgan fingerprint density at radius 2 is 1.91 bits per heavy atom. The van der Waals surface area contributed by atoms with Gasteiger partial charge >= 0.3 is 0 Å². The van der Waals surface area contributed by atoms with Gasteiger partial charge < -0.3 is 9.88 Å². The van der Waals surface area contributed by atoms with Crippen LogP contribution in [0.2, 0.25) is 0 Å². The molecule has 0 aliphatic rings. The smallest absolute Gasteiger partial charge is 0.242 e. The van der Waals surface area contributed by atoms with Crippen LogP contribution in [0.5, 0.6) is 0 Å². The quantitative estimate of drug-likeness (QED) is 0.464. The van der Waals surface area contributed by atoms with Gasteiger partial charge in [-0.3, -0.25) is 9.78 Å². The molecular formula is C23H25N5O3S. The Bertz CT molecular complexity index is 1400. The summed E-state index contributed by atoms with van der Waals surface area (Å²) in [6.45, 7) is 2.66. The molecule has 0 saturated carbocycles. The first-order valence-electron chi connectivity index (χ1n) is 10.4. The summed E-state index contributed by atoms with van der Waals surface area (Å²) in [5.41, 5.74) is 2.87. The third-order valence-electron chi connectivity index (χ3n) is 5.38. The fourth-order valence-corrected chi connectivity index (χ4v) is 4.64. The number of carbonyl (C=O) groups is 1. The van der Waals surface area contributed by atoms with Crippen molar-refractivity contribution in [2.24, 2.45) is 0 Å². The number of nitrogens with one attached hydrogen (secondary N) is 1. The molecule has 166 valence electrons. The second-order valence-corrected chi connectivity index (χ2v) is 9.79. The van der Waals surface area contributed by atoms with E-state index in [0.29, 0.717) is 24.2 Å². The van der Waals surface area contributed by atoms with Crippen molar-refractivity contribution in [3.8, 4) is 0 Å². The van der Waals surface area contributed by atoms with E-state index in [1.807, 2.05) is 41.8 Å². The first-order chi connectivity index (χ1) is 15.3. The van der Waals surface area contributed by atoms with Crippen molar-refractivity contribution >= 4 is 43.6 Å². The van der Waals surface area contributed by atoms with Crippen LogP contribution in [0.1, 0.15) is 19.2 Å². The van der Waals surface area contributed by atoms with E-state index >= 15 is 0 Å². The lowest BCUT2D eigenvalue weighted by Gasteiger charge is -2.11. The predicted octanol–water partition coefficient (Wildman–Crippen LogP) is 3.43. The minimum atomic E-state index is -3.54. The summed E-state index contributed by atoms with van der Waals surface area (Å²) < 4.78 is 28.1. The van der Waals surface area contributed by atoms with Crippen molar-refractivity contribution in [2.75, 3.05) is 19.4 Å². The maximum Gasteiger partial charge on any atom is 0.242 e. The molecule has 2 heterocycles. The van der Waals surface area contributed by atoms with Crippen molar-refractivity contribution in [3.05, 3.63) is 60.6 Å². The second kappa shape index (κ2) is 8.68. The van der Waals surface area contributed by atoms with Gasteiger partial charge in [0, 0.05) is 45.1 Å². The lowest BCUT2D eigenvalue weighted by Crippen LogP contribution is -2.22. The van der Waals surface area contributed by atoms with Crippen molar-refractivity contribution in [3.63, 3.8) is 0 Å². The number of nitrogens with zero attached hydrogens (tertiary/aromatic N) is 4. The van der Waals surface area contributed by atoms with Gasteiger partial charge in [-0.25, -0.2) is 17.7 Å². The van der Waals surface area contributed by atoms with Crippen LogP contribution < -0.4 is 5.32 Å². The summed E-state index contributed by atoms with van der Waals surface area (Å²) in [5.74, 6) is 0.613. The molecule has 0 spiro atoms. The van der Waals surface area contributed by atoms with Gasteiger partial charge in [0.1, 0.15) is 5.82 Å². The Balaban J connectivity index is 1.55. The summed E-state index contributed by atoms with van der Waals surface area (Å²) in [7, 11) is -0.544. The first kappa shape index (κ1) is 21.9. The lowest BCUT2D eigenvalue weighted by atomic mass is 10.2.